The zero-order valence-electron chi connectivity index (χ0n) is 17.3. The maximum atomic E-state index is 12.6. The molecule has 5 rings (SSSR count). The lowest BCUT2D eigenvalue weighted by molar-refractivity contribution is 0.194. The van der Waals surface area contributed by atoms with Crippen LogP contribution in [-0.2, 0) is 6.42 Å². The number of thiophene rings is 1. The summed E-state index contributed by atoms with van der Waals surface area (Å²) in [4.78, 5) is 20.6. The van der Waals surface area contributed by atoms with E-state index in [1.54, 1.807) is 28.4 Å². The average molecular weight is 448 g/mol. The van der Waals surface area contributed by atoms with Crippen molar-refractivity contribution in [1.82, 2.24) is 15.2 Å². The number of hydrogen-bond acceptors (Lipinski definition) is 7. The highest BCUT2D eigenvalue weighted by atomic mass is 32.1. The number of carbonyl (C=O) groups is 1. The summed E-state index contributed by atoms with van der Waals surface area (Å²) in [6, 6.07) is 13.8. The Hall–Kier alpha value is -3.77. The molecule has 1 aliphatic rings. The van der Waals surface area contributed by atoms with E-state index in [-0.39, 0.29) is 17.6 Å². The van der Waals surface area contributed by atoms with E-state index < -0.39 is 0 Å². The fourth-order valence-electron chi connectivity index (χ4n) is 3.86. The van der Waals surface area contributed by atoms with Gasteiger partial charge in [0.25, 0.3) is 5.89 Å². The van der Waals surface area contributed by atoms with Crippen molar-refractivity contribution in [2.24, 2.45) is 0 Å². The first kappa shape index (κ1) is 20.2. The number of anilines is 1. The van der Waals surface area contributed by atoms with Gasteiger partial charge in [-0.2, -0.15) is 10.2 Å². The van der Waals surface area contributed by atoms with Crippen molar-refractivity contribution in [3.8, 4) is 17.7 Å². The van der Waals surface area contributed by atoms with Crippen LogP contribution in [0.25, 0.3) is 21.7 Å². The molecular formula is C23H21N5O3S. The minimum absolute atomic E-state index is 0.0708. The largest absolute Gasteiger partial charge is 0.459 e. The first-order chi connectivity index (χ1) is 15.7. The van der Waals surface area contributed by atoms with E-state index in [1.165, 1.54) is 21.9 Å². The van der Waals surface area contributed by atoms with E-state index in [4.69, 9.17) is 8.83 Å². The molecule has 1 N–H and O–H groups in total. The number of piperazine rings is 1. The van der Waals surface area contributed by atoms with E-state index in [2.05, 4.69) is 33.9 Å². The molecule has 3 aromatic heterocycles. The van der Waals surface area contributed by atoms with Crippen LogP contribution < -0.4 is 10.2 Å². The SMILES string of the molecule is N#Cc1nc(-c2ccco2)oc1N1CCN(C(=O)NCCc2csc3ccccc23)CC1. The summed E-state index contributed by atoms with van der Waals surface area (Å²) in [5.41, 5.74) is 1.48. The van der Waals surface area contributed by atoms with Crippen LogP contribution in [0, 0.1) is 11.3 Å². The second-order valence-corrected chi connectivity index (χ2v) is 8.39. The Morgan fingerprint density at radius 1 is 1.19 bits per heavy atom. The number of nitriles is 1. The zero-order valence-corrected chi connectivity index (χ0v) is 18.1. The summed E-state index contributed by atoms with van der Waals surface area (Å²) in [5.74, 6) is 1.18. The van der Waals surface area contributed by atoms with Gasteiger partial charge in [0, 0.05) is 37.4 Å². The standard InChI is InChI=1S/C23H21N5O3S/c24-14-18-22(31-21(26-18)19-5-3-13-30-19)27-9-11-28(12-10-27)23(29)25-8-7-16-15-32-20-6-2-1-4-17(16)20/h1-6,13,15H,7-12H2,(H,25,29). The van der Waals surface area contributed by atoms with E-state index in [0.717, 1.165) is 6.42 Å². The monoisotopic (exact) mass is 447 g/mol. The van der Waals surface area contributed by atoms with Gasteiger partial charge in [-0.3, -0.25) is 0 Å². The van der Waals surface area contributed by atoms with Crippen molar-refractivity contribution in [3.63, 3.8) is 0 Å². The maximum absolute atomic E-state index is 12.6. The molecule has 162 valence electrons. The lowest BCUT2D eigenvalue weighted by Crippen LogP contribution is -2.52. The Kier molecular flexibility index (Phi) is 5.52. The van der Waals surface area contributed by atoms with E-state index in [0.29, 0.717) is 44.4 Å². The van der Waals surface area contributed by atoms with Crippen LogP contribution in [0.1, 0.15) is 11.3 Å². The Morgan fingerprint density at radius 2 is 2.03 bits per heavy atom. The van der Waals surface area contributed by atoms with Crippen molar-refractivity contribution in [1.29, 1.82) is 5.26 Å². The molecule has 0 aliphatic carbocycles. The highest BCUT2D eigenvalue weighted by Crippen LogP contribution is 2.29. The molecule has 1 fully saturated rings. The van der Waals surface area contributed by atoms with Crippen LogP contribution in [0.3, 0.4) is 0 Å². The van der Waals surface area contributed by atoms with Crippen molar-refractivity contribution in [2.45, 2.75) is 6.42 Å². The molecule has 4 aromatic rings. The van der Waals surface area contributed by atoms with Gasteiger partial charge in [0.15, 0.2) is 5.76 Å². The maximum Gasteiger partial charge on any atom is 0.317 e. The van der Waals surface area contributed by atoms with Crippen LogP contribution in [-0.4, -0.2) is 48.6 Å². The third-order valence-electron chi connectivity index (χ3n) is 5.53. The van der Waals surface area contributed by atoms with Crippen molar-refractivity contribution < 1.29 is 13.6 Å². The third-order valence-corrected chi connectivity index (χ3v) is 6.55. The minimum Gasteiger partial charge on any atom is -0.459 e. The molecule has 32 heavy (non-hydrogen) atoms. The van der Waals surface area contributed by atoms with E-state index in [1.807, 2.05) is 17.0 Å². The number of nitrogens with zero attached hydrogens (tertiary/aromatic N) is 4. The third kappa shape index (κ3) is 3.92. The Labute approximate surface area is 188 Å². The Balaban J connectivity index is 1.15. The molecule has 1 aromatic carbocycles. The summed E-state index contributed by atoms with van der Waals surface area (Å²) in [6.07, 6.45) is 2.33. The summed E-state index contributed by atoms with van der Waals surface area (Å²) in [7, 11) is 0. The fourth-order valence-corrected chi connectivity index (χ4v) is 4.86. The van der Waals surface area contributed by atoms with Crippen LogP contribution in [0.15, 0.2) is 56.9 Å². The number of benzene rings is 1. The molecule has 0 unspecified atom stereocenters. The van der Waals surface area contributed by atoms with Crippen LogP contribution in [0.4, 0.5) is 10.7 Å². The molecule has 0 saturated carbocycles. The minimum atomic E-state index is -0.0708. The van der Waals surface area contributed by atoms with Crippen molar-refractivity contribution in [2.75, 3.05) is 37.6 Å². The summed E-state index contributed by atoms with van der Waals surface area (Å²) in [6.45, 7) is 2.78. The highest BCUT2D eigenvalue weighted by Gasteiger charge is 2.27. The molecule has 9 heteroatoms. The van der Waals surface area contributed by atoms with Gasteiger partial charge in [0.2, 0.25) is 11.6 Å². The second-order valence-electron chi connectivity index (χ2n) is 7.48. The normalized spacial score (nSPS) is 14.0. The summed E-state index contributed by atoms with van der Waals surface area (Å²) < 4.78 is 12.4. The summed E-state index contributed by atoms with van der Waals surface area (Å²) in [5, 5.41) is 15.9. The van der Waals surface area contributed by atoms with Gasteiger partial charge in [-0.1, -0.05) is 18.2 Å². The number of rotatable bonds is 5. The zero-order chi connectivity index (χ0) is 21.9. The van der Waals surface area contributed by atoms with Crippen molar-refractivity contribution >= 4 is 33.3 Å². The number of fused-ring (bicyclic) bond motifs is 1. The molecule has 4 heterocycles. The number of aromatic nitrogens is 1. The van der Waals surface area contributed by atoms with Gasteiger partial charge in [-0.05, 0) is 40.9 Å². The van der Waals surface area contributed by atoms with Gasteiger partial charge in [-0.25, -0.2) is 4.79 Å². The lowest BCUT2D eigenvalue weighted by Gasteiger charge is -2.34. The number of hydrogen-bond donors (Lipinski definition) is 1. The molecule has 8 nitrogen and oxygen atoms in total. The fraction of sp³-hybridized carbons (Fsp3) is 0.261. The Morgan fingerprint density at radius 3 is 2.81 bits per heavy atom. The van der Waals surface area contributed by atoms with Gasteiger partial charge in [0.05, 0.1) is 6.26 Å². The summed E-state index contributed by atoms with van der Waals surface area (Å²) >= 11 is 1.73. The van der Waals surface area contributed by atoms with Crippen LogP contribution >= 0.6 is 11.3 Å². The number of oxazole rings is 1. The van der Waals surface area contributed by atoms with Crippen molar-refractivity contribution in [3.05, 3.63) is 59.3 Å². The molecule has 1 saturated heterocycles. The van der Waals surface area contributed by atoms with E-state index in [9.17, 15) is 10.1 Å². The Bertz CT molecular complexity index is 1260. The predicted molar refractivity (Wildman–Crippen MR) is 122 cm³/mol. The number of carbonyl (C=O) groups excluding carboxylic acids is 1. The van der Waals surface area contributed by atoms with Crippen LogP contribution in [0.5, 0.6) is 0 Å². The van der Waals surface area contributed by atoms with E-state index >= 15 is 0 Å². The number of amides is 2. The lowest BCUT2D eigenvalue weighted by atomic mass is 10.1. The molecule has 2 amide bonds. The first-order valence-electron chi connectivity index (χ1n) is 10.4. The van der Waals surface area contributed by atoms with Gasteiger partial charge in [-0.15, -0.1) is 11.3 Å². The number of urea groups is 1. The molecule has 0 bridgehead atoms. The number of furan rings is 1. The second kappa shape index (κ2) is 8.77. The highest BCUT2D eigenvalue weighted by molar-refractivity contribution is 7.17. The smallest absolute Gasteiger partial charge is 0.317 e. The molecular weight excluding hydrogens is 426 g/mol. The van der Waals surface area contributed by atoms with Gasteiger partial charge < -0.3 is 24.0 Å². The molecule has 0 spiro atoms. The van der Waals surface area contributed by atoms with Gasteiger partial charge >= 0.3 is 6.03 Å². The molecule has 1 aliphatic heterocycles. The molecule has 0 atom stereocenters. The topological polar surface area (TPSA) is 98.5 Å². The molecule has 0 radical (unpaired) electrons. The predicted octanol–water partition coefficient (Wildman–Crippen LogP) is 4.10. The first-order valence-corrected chi connectivity index (χ1v) is 11.3. The van der Waals surface area contributed by atoms with Gasteiger partial charge in [0.1, 0.15) is 6.07 Å². The average Bonchev–Trinajstić information content (AvgIpc) is 3.58. The number of nitrogens with one attached hydrogen (secondary N) is 1. The quantitative estimate of drug-likeness (QED) is 0.495. The van der Waals surface area contributed by atoms with Crippen LogP contribution in [0.2, 0.25) is 0 Å².